The number of ether oxygens (including phenoxy) is 2. The first kappa shape index (κ1) is 25.0. The largest absolute Gasteiger partial charge is 0.507 e. The molecule has 0 aliphatic carbocycles. The number of rotatable bonds is 10. The van der Waals surface area contributed by atoms with E-state index in [9.17, 15) is 14.7 Å². The van der Waals surface area contributed by atoms with Crippen LogP contribution < -0.4 is 9.47 Å². The van der Waals surface area contributed by atoms with E-state index in [0.717, 1.165) is 18.4 Å². The number of methoxy groups -OCH3 is 1. The molecule has 186 valence electrons. The lowest BCUT2D eigenvalue weighted by molar-refractivity contribution is -0.139. The van der Waals surface area contributed by atoms with Crippen LogP contribution in [0.3, 0.4) is 0 Å². The Morgan fingerprint density at radius 2 is 1.64 bits per heavy atom. The first-order valence-electron chi connectivity index (χ1n) is 12.2. The van der Waals surface area contributed by atoms with Crippen molar-refractivity contribution in [2.24, 2.45) is 0 Å². The molecular formula is C30H31NO5. The van der Waals surface area contributed by atoms with E-state index in [1.165, 1.54) is 4.90 Å². The maximum absolute atomic E-state index is 13.3. The lowest BCUT2D eigenvalue weighted by atomic mass is 9.95. The first-order chi connectivity index (χ1) is 17.5. The number of amides is 1. The maximum Gasteiger partial charge on any atom is 0.295 e. The van der Waals surface area contributed by atoms with Gasteiger partial charge in [-0.05, 0) is 36.1 Å². The van der Waals surface area contributed by atoms with E-state index >= 15 is 0 Å². The predicted octanol–water partition coefficient (Wildman–Crippen LogP) is 5.54. The molecule has 1 amide bonds. The molecule has 1 unspecified atom stereocenters. The summed E-state index contributed by atoms with van der Waals surface area (Å²) in [6, 6.07) is 23.3. The number of nitrogens with zero attached hydrogens (tertiary/aromatic N) is 1. The smallest absolute Gasteiger partial charge is 0.295 e. The fourth-order valence-corrected chi connectivity index (χ4v) is 4.40. The Hall–Kier alpha value is -4.06. The Morgan fingerprint density at radius 1 is 0.944 bits per heavy atom. The van der Waals surface area contributed by atoms with Crippen molar-refractivity contribution >= 4 is 17.4 Å². The Balaban J connectivity index is 1.77. The van der Waals surface area contributed by atoms with E-state index < -0.39 is 17.7 Å². The van der Waals surface area contributed by atoms with Gasteiger partial charge in [-0.3, -0.25) is 9.59 Å². The molecule has 1 aliphatic heterocycles. The zero-order valence-corrected chi connectivity index (χ0v) is 20.6. The maximum atomic E-state index is 13.3. The van der Waals surface area contributed by atoms with Crippen LogP contribution in [0.4, 0.5) is 0 Å². The Labute approximate surface area is 211 Å². The number of hydrogen-bond acceptors (Lipinski definition) is 5. The number of benzene rings is 3. The molecule has 1 atom stereocenters. The Kier molecular flexibility index (Phi) is 8.06. The highest BCUT2D eigenvalue weighted by Crippen LogP contribution is 2.42. The van der Waals surface area contributed by atoms with E-state index in [-0.39, 0.29) is 11.3 Å². The quantitative estimate of drug-likeness (QED) is 0.177. The predicted molar refractivity (Wildman–Crippen MR) is 139 cm³/mol. The van der Waals surface area contributed by atoms with E-state index in [0.29, 0.717) is 42.2 Å². The van der Waals surface area contributed by atoms with Gasteiger partial charge in [0, 0.05) is 12.1 Å². The molecule has 1 fully saturated rings. The van der Waals surface area contributed by atoms with Gasteiger partial charge in [-0.2, -0.15) is 0 Å². The van der Waals surface area contributed by atoms with Crippen LogP contribution in [0.1, 0.15) is 42.5 Å². The van der Waals surface area contributed by atoms with Gasteiger partial charge in [-0.25, -0.2) is 0 Å². The van der Waals surface area contributed by atoms with Gasteiger partial charge >= 0.3 is 0 Å². The Morgan fingerprint density at radius 3 is 2.31 bits per heavy atom. The zero-order chi connectivity index (χ0) is 25.5. The first-order valence-corrected chi connectivity index (χ1v) is 12.2. The van der Waals surface area contributed by atoms with Crippen molar-refractivity contribution in [3.05, 3.63) is 101 Å². The number of aliphatic hydroxyl groups excluding tert-OH is 1. The average molecular weight is 486 g/mol. The van der Waals surface area contributed by atoms with Crippen LogP contribution in [0.15, 0.2) is 84.4 Å². The molecule has 0 saturated carbocycles. The molecule has 0 spiro atoms. The van der Waals surface area contributed by atoms with Crippen LogP contribution >= 0.6 is 0 Å². The molecule has 6 nitrogen and oxygen atoms in total. The third-order valence-corrected chi connectivity index (χ3v) is 6.33. The van der Waals surface area contributed by atoms with Gasteiger partial charge < -0.3 is 19.5 Å². The van der Waals surface area contributed by atoms with E-state index in [1.807, 2.05) is 42.5 Å². The highest BCUT2D eigenvalue weighted by molar-refractivity contribution is 6.46. The number of carbonyl (C=O) groups excluding carboxylic acids is 2. The molecule has 1 heterocycles. The zero-order valence-electron chi connectivity index (χ0n) is 20.6. The van der Waals surface area contributed by atoms with Crippen LogP contribution in [0.2, 0.25) is 0 Å². The van der Waals surface area contributed by atoms with Crippen LogP contribution in [0.25, 0.3) is 5.76 Å². The molecule has 6 heteroatoms. The van der Waals surface area contributed by atoms with Gasteiger partial charge in [-0.15, -0.1) is 0 Å². The lowest BCUT2D eigenvalue weighted by Crippen LogP contribution is -2.31. The van der Waals surface area contributed by atoms with E-state index in [4.69, 9.17) is 9.47 Å². The summed E-state index contributed by atoms with van der Waals surface area (Å²) in [5, 5.41) is 11.2. The number of Topliss-reactive ketones (excluding diaryl/α,β-unsaturated/α-hetero) is 1. The summed E-state index contributed by atoms with van der Waals surface area (Å²) in [7, 11) is 1.56. The second-order valence-electron chi connectivity index (χ2n) is 8.71. The van der Waals surface area contributed by atoms with E-state index in [2.05, 4.69) is 6.92 Å². The summed E-state index contributed by atoms with van der Waals surface area (Å²) >= 11 is 0. The highest BCUT2D eigenvalue weighted by Gasteiger charge is 2.46. The van der Waals surface area contributed by atoms with Crippen molar-refractivity contribution in [1.29, 1.82) is 0 Å². The van der Waals surface area contributed by atoms with Crippen LogP contribution in [-0.2, 0) is 16.0 Å². The third kappa shape index (κ3) is 5.28. The summed E-state index contributed by atoms with van der Waals surface area (Å²) in [5.41, 5.74) is 2.27. The molecule has 0 bridgehead atoms. The monoisotopic (exact) mass is 485 g/mol. The van der Waals surface area contributed by atoms with Crippen LogP contribution in [0.5, 0.6) is 11.5 Å². The molecule has 1 aliphatic rings. The summed E-state index contributed by atoms with van der Waals surface area (Å²) < 4.78 is 11.5. The SMILES string of the molecule is CCCCOc1ccc(C2/C(=C(\O)c3ccccc3)C(=O)C(=O)N2CCc2ccccc2)cc1OC. The highest BCUT2D eigenvalue weighted by atomic mass is 16.5. The van der Waals surface area contributed by atoms with Crippen molar-refractivity contribution < 1.29 is 24.2 Å². The third-order valence-electron chi connectivity index (χ3n) is 6.33. The number of ketones is 1. The number of likely N-dealkylation sites (tertiary alicyclic amines) is 1. The van der Waals surface area contributed by atoms with Gasteiger partial charge in [0.1, 0.15) is 5.76 Å². The summed E-state index contributed by atoms with van der Waals surface area (Å²) in [6.45, 7) is 2.98. The van der Waals surface area contributed by atoms with Crippen LogP contribution in [0, 0.1) is 0 Å². The van der Waals surface area contributed by atoms with Crippen molar-refractivity contribution in [1.82, 2.24) is 4.90 Å². The summed E-state index contributed by atoms with van der Waals surface area (Å²) in [6.07, 6.45) is 2.50. The fourth-order valence-electron chi connectivity index (χ4n) is 4.40. The molecule has 0 radical (unpaired) electrons. The lowest BCUT2D eigenvalue weighted by Gasteiger charge is -2.26. The number of aliphatic hydroxyl groups is 1. The number of carbonyl (C=O) groups is 2. The topological polar surface area (TPSA) is 76.1 Å². The molecule has 1 N–H and O–H groups in total. The van der Waals surface area contributed by atoms with Gasteiger partial charge in [0.2, 0.25) is 0 Å². The van der Waals surface area contributed by atoms with Crippen LogP contribution in [-0.4, -0.2) is 42.0 Å². The Bertz CT molecular complexity index is 1240. The van der Waals surface area contributed by atoms with Crippen molar-refractivity contribution in [3.8, 4) is 11.5 Å². The summed E-state index contributed by atoms with van der Waals surface area (Å²) in [5.74, 6) is -0.410. The molecular weight excluding hydrogens is 454 g/mol. The summed E-state index contributed by atoms with van der Waals surface area (Å²) in [4.78, 5) is 28.0. The number of unbranched alkanes of at least 4 members (excludes halogenated alkanes) is 1. The number of hydrogen-bond donors (Lipinski definition) is 1. The molecule has 3 aromatic carbocycles. The second kappa shape index (κ2) is 11.6. The van der Waals surface area contributed by atoms with Crippen molar-refractivity contribution in [2.45, 2.75) is 32.2 Å². The van der Waals surface area contributed by atoms with Gasteiger partial charge in [0.25, 0.3) is 11.7 Å². The fraction of sp³-hybridized carbons (Fsp3) is 0.267. The normalized spacial score (nSPS) is 16.8. The molecule has 3 aromatic rings. The minimum absolute atomic E-state index is 0.0703. The molecule has 1 saturated heterocycles. The van der Waals surface area contributed by atoms with Crippen molar-refractivity contribution in [2.75, 3.05) is 20.3 Å². The minimum Gasteiger partial charge on any atom is -0.507 e. The van der Waals surface area contributed by atoms with Crippen molar-refractivity contribution in [3.63, 3.8) is 0 Å². The average Bonchev–Trinajstić information content (AvgIpc) is 3.17. The minimum atomic E-state index is -0.757. The second-order valence-corrected chi connectivity index (χ2v) is 8.71. The standard InChI is InChI=1S/C30H31NO5/c1-3-4-19-36-24-16-15-23(20-25(24)35-2)27-26(28(32)22-13-9-6-10-14-22)29(33)30(34)31(27)18-17-21-11-7-5-8-12-21/h5-16,20,27,32H,3-4,17-19H2,1-2H3/b28-26+. The molecule has 0 aromatic heterocycles. The van der Waals surface area contributed by atoms with Gasteiger partial charge in [0.15, 0.2) is 11.5 Å². The van der Waals surface area contributed by atoms with Gasteiger partial charge in [-0.1, -0.05) is 80.1 Å². The molecule has 4 rings (SSSR count). The van der Waals surface area contributed by atoms with Gasteiger partial charge in [0.05, 0.1) is 25.3 Å². The van der Waals surface area contributed by atoms with E-state index in [1.54, 1.807) is 43.5 Å². The molecule has 36 heavy (non-hydrogen) atoms.